The highest BCUT2D eigenvalue weighted by molar-refractivity contribution is 5.95. The van der Waals surface area contributed by atoms with Gasteiger partial charge in [0.25, 0.3) is 0 Å². The minimum Gasteiger partial charge on any atom is -0.379 e. The molecule has 3 rings (SSSR count). The van der Waals surface area contributed by atoms with Gasteiger partial charge in [0, 0.05) is 31.9 Å². The first kappa shape index (κ1) is 22.5. The predicted molar refractivity (Wildman–Crippen MR) is 123 cm³/mol. The molecule has 30 heavy (non-hydrogen) atoms. The van der Waals surface area contributed by atoms with E-state index >= 15 is 0 Å². The van der Waals surface area contributed by atoms with E-state index in [1.165, 1.54) is 16.7 Å². The summed E-state index contributed by atoms with van der Waals surface area (Å²) in [5, 5.41) is 6.52. The number of hydrogen-bond donors (Lipinski definition) is 2. The average Bonchev–Trinajstić information content (AvgIpc) is 2.78. The van der Waals surface area contributed by atoms with Gasteiger partial charge in [0.15, 0.2) is 0 Å². The number of rotatable bonds is 9. The normalized spacial score (nSPS) is 16.8. The fourth-order valence-corrected chi connectivity index (χ4v) is 3.74. The highest BCUT2D eigenvalue weighted by Crippen LogP contribution is 2.26. The lowest BCUT2D eigenvalue weighted by molar-refractivity contribution is -0.117. The van der Waals surface area contributed by atoms with Crippen LogP contribution in [0.1, 0.15) is 49.8 Å². The molecule has 0 saturated carbocycles. The van der Waals surface area contributed by atoms with Crippen LogP contribution in [0.2, 0.25) is 0 Å². The van der Waals surface area contributed by atoms with Crippen LogP contribution in [0.5, 0.6) is 0 Å². The Kier molecular flexibility index (Phi) is 8.43. The molecule has 2 N–H and O–H groups in total. The Morgan fingerprint density at radius 2 is 1.70 bits per heavy atom. The van der Waals surface area contributed by atoms with Crippen LogP contribution in [0.3, 0.4) is 0 Å². The van der Waals surface area contributed by atoms with Crippen LogP contribution in [0, 0.1) is 0 Å². The third-order valence-corrected chi connectivity index (χ3v) is 5.97. The SMILES string of the molecule is CC[C@H](C)c1ccccc1NC(=O)[C@@H](C)NCc1ccccc1CN1CCOCC1. The van der Waals surface area contributed by atoms with Gasteiger partial charge in [0.1, 0.15) is 0 Å². The molecule has 1 fully saturated rings. The molecule has 162 valence electrons. The van der Waals surface area contributed by atoms with E-state index < -0.39 is 0 Å². The average molecular weight is 410 g/mol. The first-order valence-corrected chi connectivity index (χ1v) is 11.1. The lowest BCUT2D eigenvalue weighted by Crippen LogP contribution is -2.38. The lowest BCUT2D eigenvalue weighted by Gasteiger charge is -2.27. The number of benzene rings is 2. The van der Waals surface area contributed by atoms with E-state index in [2.05, 4.69) is 59.7 Å². The van der Waals surface area contributed by atoms with Crippen molar-refractivity contribution in [2.45, 2.75) is 52.2 Å². The monoisotopic (exact) mass is 409 g/mol. The van der Waals surface area contributed by atoms with Gasteiger partial charge in [-0.3, -0.25) is 9.69 Å². The van der Waals surface area contributed by atoms with Gasteiger partial charge < -0.3 is 15.4 Å². The molecule has 0 aromatic heterocycles. The molecule has 1 aliphatic heterocycles. The van der Waals surface area contributed by atoms with Gasteiger partial charge in [-0.2, -0.15) is 0 Å². The van der Waals surface area contributed by atoms with Crippen molar-refractivity contribution in [3.05, 3.63) is 65.2 Å². The number of morpholine rings is 1. The molecular formula is C25H35N3O2. The summed E-state index contributed by atoms with van der Waals surface area (Å²) in [6, 6.07) is 16.3. The second kappa shape index (κ2) is 11.3. The van der Waals surface area contributed by atoms with Gasteiger partial charge in [0.2, 0.25) is 5.91 Å². The molecule has 0 bridgehead atoms. The fraction of sp³-hybridized carbons (Fsp3) is 0.480. The summed E-state index contributed by atoms with van der Waals surface area (Å²) in [5.74, 6) is 0.410. The van der Waals surface area contributed by atoms with Crippen molar-refractivity contribution in [2.75, 3.05) is 31.6 Å². The molecule has 2 aromatic carbocycles. The summed E-state index contributed by atoms with van der Waals surface area (Å²) in [6.45, 7) is 11.4. The summed E-state index contributed by atoms with van der Waals surface area (Å²) in [5.41, 5.74) is 4.65. The number of carbonyl (C=O) groups excluding carboxylic acids is 1. The zero-order chi connectivity index (χ0) is 21.3. The Hall–Kier alpha value is -2.21. The van der Waals surface area contributed by atoms with E-state index in [4.69, 9.17) is 4.74 Å². The Morgan fingerprint density at radius 1 is 1.03 bits per heavy atom. The van der Waals surface area contributed by atoms with Crippen LogP contribution in [0.4, 0.5) is 5.69 Å². The number of nitrogens with one attached hydrogen (secondary N) is 2. The molecule has 5 nitrogen and oxygen atoms in total. The Balaban J connectivity index is 1.58. The molecule has 2 aromatic rings. The maximum atomic E-state index is 12.8. The summed E-state index contributed by atoms with van der Waals surface area (Å²) >= 11 is 0. The number of ether oxygens (including phenoxy) is 1. The van der Waals surface area contributed by atoms with Gasteiger partial charge in [0.05, 0.1) is 19.3 Å². The van der Waals surface area contributed by atoms with E-state index in [0.29, 0.717) is 12.5 Å². The first-order valence-electron chi connectivity index (χ1n) is 11.1. The topological polar surface area (TPSA) is 53.6 Å². The Bertz CT molecular complexity index is 818. The van der Waals surface area contributed by atoms with Crippen LogP contribution in [-0.4, -0.2) is 43.2 Å². The van der Waals surface area contributed by atoms with E-state index in [0.717, 1.165) is 45.0 Å². The van der Waals surface area contributed by atoms with E-state index in [1.807, 2.05) is 25.1 Å². The molecule has 1 heterocycles. The first-order chi connectivity index (χ1) is 14.6. The van der Waals surface area contributed by atoms with Crippen LogP contribution in [0.25, 0.3) is 0 Å². The standard InChI is InChI=1S/C25H35N3O2/c1-4-19(2)23-11-7-8-12-24(23)27-25(29)20(3)26-17-21-9-5-6-10-22(21)18-28-13-15-30-16-14-28/h5-12,19-20,26H,4,13-18H2,1-3H3,(H,27,29)/t19-,20+/m0/s1. The third kappa shape index (κ3) is 6.14. The number of para-hydroxylation sites is 1. The Labute approximate surface area is 180 Å². The molecule has 0 aliphatic carbocycles. The molecule has 1 aliphatic rings. The van der Waals surface area contributed by atoms with Crippen LogP contribution < -0.4 is 10.6 Å². The van der Waals surface area contributed by atoms with E-state index in [-0.39, 0.29) is 11.9 Å². The second-order valence-corrected chi connectivity index (χ2v) is 8.15. The molecule has 2 atom stereocenters. The summed E-state index contributed by atoms with van der Waals surface area (Å²) in [7, 11) is 0. The van der Waals surface area contributed by atoms with Crippen molar-refractivity contribution in [3.8, 4) is 0 Å². The molecule has 0 radical (unpaired) electrons. The largest absolute Gasteiger partial charge is 0.379 e. The van der Waals surface area contributed by atoms with Gasteiger partial charge in [-0.15, -0.1) is 0 Å². The summed E-state index contributed by atoms with van der Waals surface area (Å²) < 4.78 is 5.45. The van der Waals surface area contributed by atoms with Gasteiger partial charge in [-0.1, -0.05) is 56.3 Å². The van der Waals surface area contributed by atoms with Crippen LogP contribution in [0.15, 0.2) is 48.5 Å². The molecular weight excluding hydrogens is 374 g/mol. The molecule has 1 saturated heterocycles. The van der Waals surface area contributed by atoms with Crippen LogP contribution >= 0.6 is 0 Å². The highest BCUT2D eigenvalue weighted by Gasteiger charge is 2.17. The maximum Gasteiger partial charge on any atom is 0.241 e. The molecule has 1 amide bonds. The quantitative estimate of drug-likeness (QED) is 0.653. The number of nitrogens with zero attached hydrogens (tertiary/aromatic N) is 1. The zero-order valence-corrected chi connectivity index (χ0v) is 18.5. The summed E-state index contributed by atoms with van der Waals surface area (Å²) in [4.78, 5) is 15.2. The second-order valence-electron chi connectivity index (χ2n) is 8.15. The van der Waals surface area contributed by atoms with Crippen molar-refractivity contribution >= 4 is 11.6 Å². The van der Waals surface area contributed by atoms with E-state index in [1.54, 1.807) is 0 Å². The highest BCUT2D eigenvalue weighted by atomic mass is 16.5. The lowest BCUT2D eigenvalue weighted by atomic mass is 9.97. The van der Waals surface area contributed by atoms with Gasteiger partial charge in [-0.05, 0) is 42.0 Å². The van der Waals surface area contributed by atoms with Gasteiger partial charge >= 0.3 is 0 Å². The van der Waals surface area contributed by atoms with Crippen molar-refractivity contribution in [1.82, 2.24) is 10.2 Å². The predicted octanol–water partition coefficient (Wildman–Crippen LogP) is 4.15. The minimum absolute atomic E-state index is 0.00332. The smallest absolute Gasteiger partial charge is 0.241 e. The minimum atomic E-state index is -0.286. The van der Waals surface area contributed by atoms with Crippen molar-refractivity contribution in [1.29, 1.82) is 0 Å². The Morgan fingerprint density at radius 3 is 2.43 bits per heavy atom. The number of carbonyl (C=O) groups is 1. The maximum absolute atomic E-state index is 12.8. The fourth-order valence-electron chi connectivity index (χ4n) is 3.74. The zero-order valence-electron chi connectivity index (χ0n) is 18.5. The third-order valence-electron chi connectivity index (χ3n) is 5.97. The van der Waals surface area contributed by atoms with Crippen LogP contribution in [-0.2, 0) is 22.6 Å². The molecule has 0 unspecified atom stereocenters. The number of amides is 1. The van der Waals surface area contributed by atoms with Gasteiger partial charge in [-0.25, -0.2) is 0 Å². The number of anilines is 1. The van der Waals surface area contributed by atoms with Crippen molar-refractivity contribution in [3.63, 3.8) is 0 Å². The summed E-state index contributed by atoms with van der Waals surface area (Å²) in [6.07, 6.45) is 1.04. The number of hydrogen-bond acceptors (Lipinski definition) is 4. The molecule has 5 heteroatoms. The van der Waals surface area contributed by atoms with Crippen molar-refractivity contribution in [2.24, 2.45) is 0 Å². The molecule has 0 spiro atoms. The van der Waals surface area contributed by atoms with Crippen molar-refractivity contribution < 1.29 is 9.53 Å². The van der Waals surface area contributed by atoms with E-state index in [9.17, 15) is 4.79 Å².